The van der Waals surface area contributed by atoms with E-state index in [1.807, 2.05) is 24.3 Å². The van der Waals surface area contributed by atoms with Crippen molar-refractivity contribution >= 4 is 32.5 Å². The molecule has 0 saturated carbocycles. The van der Waals surface area contributed by atoms with Gasteiger partial charge in [-0.15, -0.1) is 0 Å². The van der Waals surface area contributed by atoms with Crippen molar-refractivity contribution in [3.8, 4) is 5.75 Å². The lowest BCUT2D eigenvalue weighted by Gasteiger charge is -2.11. The Morgan fingerprint density at radius 3 is 2.84 bits per heavy atom. The SMILES string of the molecule is O=C(OCc1cc(=O)n2c(n1)sc1ccccc12)c1ccc(OC[C@@H]2CCCO2)cc1. The minimum absolute atomic E-state index is 0.0733. The molecule has 4 aromatic rings. The number of esters is 1. The molecule has 2 aromatic carbocycles. The Balaban J connectivity index is 1.24. The van der Waals surface area contributed by atoms with Crippen molar-refractivity contribution in [3.63, 3.8) is 0 Å². The molecule has 0 bridgehead atoms. The zero-order chi connectivity index (χ0) is 21.2. The van der Waals surface area contributed by atoms with E-state index >= 15 is 0 Å². The number of nitrogens with zero attached hydrogens (tertiary/aromatic N) is 2. The first-order chi connectivity index (χ1) is 15.2. The summed E-state index contributed by atoms with van der Waals surface area (Å²) in [7, 11) is 0. The Labute approximate surface area is 181 Å². The van der Waals surface area contributed by atoms with Gasteiger partial charge in [0.1, 0.15) is 19.0 Å². The molecule has 1 saturated heterocycles. The molecule has 8 heteroatoms. The van der Waals surface area contributed by atoms with Crippen molar-refractivity contribution in [1.29, 1.82) is 0 Å². The zero-order valence-electron chi connectivity index (χ0n) is 16.7. The van der Waals surface area contributed by atoms with E-state index in [1.165, 1.54) is 17.4 Å². The second-order valence-corrected chi connectivity index (χ2v) is 8.33. The Morgan fingerprint density at radius 1 is 1.19 bits per heavy atom. The fourth-order valence-electron chi connectivity index (χ4n) is 3.57. The van der Waals surface area contributed by atoms with E-state index in [4.69, 9.17) is 14.2 Å². The highest BCUT2D eigenvalue weighted by Crippen LogP contribution is 2.23. The summed E-state index contributed by atoms with van der Waals surface area (Å²) in [6.07, 6.45) is 2.21. The van der Waals surface area contributed by atoms with E-state index < -0.39 is 5.97 Å². The Hall–Kier alpha value is -3.23. The van der Waals surface area contributed by atoms with Crippen molar-refractivity contribution in [1.82, 2.24) is 9.38 Å². The third kappa shape index (κ3) is 4.17. The summed E-state index contributed by atoms with van der Waals surface area (Å²) >= 11 is 1.42. The molecule has 1 aliphatic rings. The van der Waals surface area contributed by atoms with Crippen LogP contribution in [0.1, 0.15) is 28.9 Å². The van der Waals surface area contributed by atoms with Crippen LogP contribution in [0.25, 0.3) is 15.2 Å². The number of fused-ring (bicyclic) bond motifs is 3. The number of ether oxygens (including phenoxy) is 3. The van der Waals surface area contributed by atoms with Gasteiger partial charge in [0.15, 0.2) is 4.96 Å². The van der Waals surface area contributed by atoms with E-state index in [-0.39, 0.29) is 18.3 Å². The van der Waals surface area contributed by atoms with E-state index in [2.05, 4.69) is 4.98 Å². The van der Waals surface area contributed by atoms with Gasteiger partial charge >= 0.3 is 5.97 Å². The molecule has 158 valence electrons. The monoisotopic (exact) mass is 436 g/mol. The number of hydrogen-bond acceptors (Lipinski definition) is 7. The maximum absolute atomic E-state index is 12.5. The first kappa shape index (κ1) is 19.7. The predicted octanol–water partition coefficient (Wildman–Crippen LogP) is 3.82. The lowest BCUT2D eigenvalue weighted by molar-refractivity contribution is 0.0467. The quantitative estimate of drug-likeness (QED) is 0.428. The summed E-state index contributed by atoms with van der Waals surface area (Å²) in [5.41, 5.74) is 1.46. The van der Waals surface area contributed by atoms with Gasteiger partial charge in [-0.1, -0.05) is 23.5 Å². The van der Waals surface area contributed by atoms with Gasteiger partial charge in [-0.25, -0.2) is 9.78 Å². The number of carbonyl (C=O) groups excluding carboxylic acids is 1. The molecule has 31 heavy (non-hydrogen) atoms. The molecule has 1 fully saturated rings. The van der Waals surface area contributed by atoms with Gasteiger partial charge < -0.3 is 14.2 Å². The lowest BCUT2D eigenvalue weighted by atomic mass is 10.2. The Bertz CT molecular complexity index is 1290. The van der Waals surface area contributed by atoms with Gasteiger partial charge in [0.05, 0.1) is 27.6 Å². The van der Waals surface area contributed by atoms with Crippen molar-refractivity contribution in [3.05, 3.63) is 76.2 Å². The maximum Gasteiger partial charge on any atom is 0.338 e. The van der Waals surface area contributed by atoms with Crippen LogP contribution in [0.3, 0.4) is 0 Å². The standard InChI is InChI=1S/C23H20N2O5S/c26-21-12-16(24-23-25(21)19-5-1-2-6-20(19)31-23)13-30-22(27)15-7-9-17(10-8-15)29-14-18-4-3-11-28-18/h1-2,5-10,12,18H,3-4,11,13-14H2/t18-/m0/s1. The van der Waals surface area contributed by atoms with Crippen LogP contribution in [0.4, 0.5) is 0 Å². The number of para-hydroxylation sites is 1. The Morgan fingerprint density at radius 2 is 2.03 bits per heavy atom. The molecule has 2 aromatic heterocycles. The summed E-state index contributed by atoms with van der Waals surface area (Å²) in [6, 6.07) is 15.8. The molecule has 0 unspecified atom stereocenters. The van der Waals surface area contributed by atoms with Gasteiger partial charge in [0.2, 0.25) is 0 Å². The number of hydrogen-bond donors (Lipinski definition) is 0. The molecule has 5 rings (SSSR count). The van der Waals surface area contributed by atoms with Crippen LogP contribution in [0.2, 0.25) is 0 Å². The van der Waals surface area contributed by atoms with Gasteiger partial charge in [-0.3, -0.25) is 9.20 Å². The number of carbonyl (C=O) groups is 1. The smallest absolute Gasteiger partial charge is 0.338 e. The molecule has 0 radical (unpaired) electrons. The normalized spacial score (nSPS) is 16.1. The number of aromatic nitrogens is 2. The van der Waals surface area contributed by atoms with Crippen molar-refractivity contribution in [2.75, 3.05) is 13.2 Å². The molecular formula is C23H20N2O5S. The van der Waals surface area contributed by atoms with Crippen LogP contribution < -0.4 is 10.3 Å². The van der Waals surface area contributed by atoms with Crippen LogP contribution in [-0.4, -0.2) is 34.7 Å². The number of benzene rings is 2. The minimum Gasteiger partial charge on any atom is -0.491 e. The first-order valence-corrected chi connectivity index (χ1v) is 10.9. The summed E-state index contributed by atoms with van der Waals surface area (Å²) in [5, 5.41) is 0. The molecule has 1 aliphatic heterocycles. The van der Waals surface area contributed by atoms with Crippen LogP contribution >= 0.6 is 11.3 Å². The van der Waals surface area contributed by atoms with E-state index in [0.717, 1.165) is 29.7 Å². The van der Waals surface area contributed by atoms with Gasteiger partial charge in [-0.2, -0.15) is 0 Å². The van der Waals surface area contributed by atoms with Crippen LogP contribution in [0, 0.1) is 0 Å². The fraction of sp³-hybridized carbons (Fsp3) is 0.261. The summed E-state index contributed by atoms with van der Waals surface area (Å²) < 4.78 is 19.2. The summed E-state index contributed by atoms with van der Waals surface area (Å²) in [4.78, 5) is 30.0. The van der Waals surface area contributed by atoms with Crippen LogP contribution in [0.5, 0.6) is 5.75 Å². The van der Waals surface area contributed by atoms with E-state index in [1.54, 1.807) is 28.7 Å². The molecular weight excluding hydrogens is 416 g/mol. The third-order valence-corrected chi connectivity index (χ3v) is 6.17. The van der Waals surface area contributed by atoms with Gasteiger partial charge in [0.25, 0.3) is 5.56 Å². The molecule has 7 nitrogen and oxygen atoms in total. The summed E-state index contributed by atoms with van der Waals surface area (Å²) in [6.45, 7) is 1.22. The highest BCUT2D eigenvalue weighted by molar-refractivity contribution is 7.23. The van der Waals surface area contributed by atoms with E-state index in [9.17, 15) is 9.59 Å². The largest absolute Gasteiger partial charge is 0.491 e. The second-order valence-electron chi connectivity index (χ2n) is 7.32. The average molecular weight is 436 g/mol. The van der Waals surface area contributed by atoms with Crippen LogP contribution in [-0.2, 0) is 16.1 Å². The minimum atomic E-state index is -0.482. The zero-order valence-corrected chi connectivity index (χ0v) is 17.5. The first-order valence-electron chi connectivity index (χ1n) is 10.1. The number of rotatable bonds is 6. The second kappa shape index (κ2) is 8.49. The molecule has 1 atom stereocenters. The Kier molecular flexibility index (Phi) is 5.40. The highest BCUT2D eigenvalue weighted by Gasteiger charge is 2.16. The summed E-state index contributed by atoms with van der Waals surface area (Å²) in [5.74, 6) is 0.195. The van der Waals surface area contributed by atoms with E-state index in [0.29, 0.717) is 28.6 Å². The highest BCUT2D eigenvalue weighted by atomic mass is 32.1. The molecule has 0 spiro atoms. The number of thiazole rings is 1. The average Bonchev–Trinajstić information content (AvgIpc) is 3.44. The topological polar surface area (TPSA) is 79.1 Å². The van der Waals surface area contributed by atoms with Gasteiger partial charge in [-0.05, 0) is 49.2 Å². The maximum atomic E-state index is 12.5. The third-order valence-electron chi connectivity index (χ3n) is 5.15. The lowest BCUT2D eigenvalue weighted by Crippen LogP contribution is -2.16. The fourth-order valence-corrected chi connectivity index (χ4v) is 4.62. The van der Waals surface area contributed by atoms with Crippen molar-refractivity contribution < 1.29 is 19.0 Å². The van der Waals surface area contributed by atoms with Gasteiger partial charge in [0, 0.05) is 12.7 Å². The van der Waals surface area contributed by atoms with Crippen LogP contribution in [0.15, 0.2) is 59.4 Å². The molecule has 0 N–H and O–H groups in total. The molecule has 0 aliphatic carbocycles. The molecule has 3 heterocycles. The molecule has 0 amide bonds. The van der Waals surface area contributed by atoms with Crippen molar-refractivity contribution in [2.24, 2.45) is 0 Å². The predicted molar refractivity (Wildman–Crippen MR) is 117 cm³/mol. The van der Waals surface area contributed by atoms with Crippen molar-refractivity contribution in [2.45, 2.75) is 25.6 Å².